The van der Waals surface area contributed by atoms with Crippen LogP contribution in [0.3, 0.4) is 0 Å². The van der Waals surface area contributed by atoms with Crippen molar-refractivity contribution >= 4 is 34.7 Å². The zero-order valence-electron chi connectivity index (χ0n) is 19.2. The third-order valence-corrected chi connectivity index (χ3v) is 8.02. The lowest BCUT2D eigenvalue weighted by Gasteiger charge is -2.38. The number of piperazine rings is 2. The number of carbonyl (C=O) groups is 3. The standard InChI is InChI=1S/C25H31N5O3S/c31-23(29-12-10-28(11-13-29)19-5-2-1-3-6-19)9-8-20-16-26-24(32)21-15-18(17-30(20)21)27-25(33)22-7-4-14-34-22/h1-7,14,18,20-21H,8-13,15-17H2,(H,26,32)(H,27,33). The van der Waals surface area contributed by atoms with Crippen molar-refractivity contribution in [3.05, 3.63) is 52.7 Å². The Bertz CT molecular complexity index is 1010. The van der Waals surface area contributed by atoms with E-state index in [0.29, 0.717) is 37.2 Å². The van der Waals surface area contributed by atoms with E-state index >= 15 is 0 Å². The third kappa shape index (κ3) is 4.95. The SMILES string of the molecule is O=C(NC1CC2C(=O)NCC(CCC(=O)N3CCN(c4ccccc4)CC3)N2C1)c1cccs1. The number of hydrogen-bond acceptors (Lipinski definition) is 6. The van der Waals surface area contributed by atoms with Crippen molar-refractivity contribution in [1.82, 2.24) is 20.4 Å². The van der Waals surface area contributed by atoms with E-state index < -0.39 is 0 Å². The van der Waals surface area contributed by atoms with Crippen LogP contribution in [0, 0.1) is 0 Å². The molecule has 34 heavy (non-hydrogen) atoms. The van der Waals surface area contributed by atoms with Crippen LogP contribution in [0.1, 0.15) is 28.9 Å². The molecule has 3 saturated heterocycles. The monoisotopic (exact) mass is 481 g/mol. The van der Waals surface area contributed by atoms with Crippen LogP contribution in [0.5, 0.6) is 0 Å². The van der Waals surface area contributed by atoms with Gasteiger partial charge in [0.15, 0.2) is 0 Å². The van der Waals surface area contributed by atoms with Crippen LogP contribution >= 0.6 is 11.3 Å². The normalized spacial score (nSPS) is 25.1. The van der Waals surface area contributed by atoms with Crippen LogP contribution in [-0.4, -0.2) is 84.9 Å². The van der Waals surface area contributed by atoms with Gasteiger partial charge in [0, 0.05) is 63.5 Å². The molecule has 5 rings (SSSR count). The van der Waals surface area contributed by atoms with Crippen LogP contribution in [0.15, 0.2) is 47.8 Å². The number of hydrogen-bond donors (Lipinski definition) is 2. The first-order valence-corrected chi connectivity index (χ1v) is 12.9. The molecule has 0 radical (unpaired) electrons. The van der Waals surface area contributed by atoms with E-state index in [1.54, 1.807) is 0 Å². The van der Waals surface area contributed by atoms with E-state index in [-0.39, 0.29) is 35.8 Å². The van der Waals surface area contributed by atoms with Gasteiger partial charge in [-0.05, 0) is 36.4 Å². The Morgan fingerprint density at radius 1 is 1.06 bits per heavy atom. The lowest BCUT2D eigenvalue weighted by molar-refractivity contribution is -0.132. The number of anilines is 1. The minimum Gasteiger partial charge on any atom is -0.368 e. The molecule has 8 nitrogen and oxygen atoms in total. The van der Waals surface area contributed by atoms with Crippen molar-refractivity contribution in [3.63, 3.8) is 0 Å². The molecule has 3 unspecified atom stereocenters. The predicted molar refractivity (Wildman–Crippen MR) is 132 cm³/mol. The van der Waals surface area contributed by atoms with Crippen molar-refractivity contribution in [3.8, 4) is 0 Å². The summed E-state index contributed by atoms with van der Waals surface area (Å²) in [6.07, 6.45) is 1.79. The minimum atomic E-state index is -0.239. The van der Waals surface area contributed by atoms with Crippen LogP contribution in [0.25, 0.3) is 0 Å². The molecular formula is C25H31N5O3S. The van der Waals surface area contributed by atoms with Crippen LogP contribution in [0.4, 0.5) is 5.69 Å². The maximum atomic E-state index is 12.9. The summed E-state index contributed by atoms with van der Waals surface area (Å²) >= 11 is 1.41. The predicted octanol–water partition coefficient (Wildman–Crippen LogP) is 1.55. The zero-order chi connectivity index (χ0) is 23.5. The Morgan fingerprint density at radius 3 is 2.59 bits per heavy atom. The quantitative estimate of drug-likeness (QED) is 0.654. The molecule has 3 amide bonds. The Labute approximate surface area is 203 Å². The first-order valence-electron chi connectivity index (χ1n) is 12.0. The van der Waals surface area contributed by atoms with Gasteiger partial charge < -0.3 is 20.4 Å². The van der Waals surface area contributed by atoms with E-state index in [4.69, 9.17) is 0 Å². The topological polar surface area (TPSA) is 85.0 Å². The smallest absolute Gasteiger partial charge is 0.261 e. The molecule has 3 aliphatic rings. The van der Waals surface area contributed by atoms with Crippen LogP contribution < -0.4 is 15.5 Å². The largest absolute Gasteiger partial charge is 0.368 e. The maximum absolute atomic E-state index is 12.9. The van der Waals surface area contributed by atoms with Gasteiger partial charge in [0.25, 0.3) is 5.91 Å². The summed E-state index contributed by atoms with van der Waals surface area (Å²) in [6, 6.07) is 13.8. The summed E-state index contributed by atoms with van der Waals surface area (Å²) in [5.41, 5.74) is 1.20. The molecule has 3 aliphatic heterocycles. The molecule has 9 heteroatoms. The van der Waals surface area contributed by atoms with E-state index in [1.807, 2.05) is 40.6 Å². The minimum absolute atomic E-state index is 0.0208. The lowest BCUT2D eigenvalue weighted by atomic mass is 10.0. The van der Waals surface area contributed by atoms with E-state index in [2.05, 4.69) is 32.6 Å². The van der Waals surface area contributed by atoms with Crippen LogP contribution in [0.2, 0.25) is 0 Å². The second-order valence-corrected chi connectivity index (χ2v) is 10.2. The number of nitrogens with one attached hydrogen (secondary N) is 2. The fourth-order valence-electron chi connectivity index (χ4n) is 5.31. The average Bonchev–Trinajstić information content (AvgIpc) is 3.55. The number of carbonyl (C=O) groups excluding carboxylic acids is 3. The van der Waals surface area contributed by atoms with Gasteiger partial charge in [-0.2, -0.15) is 0 Å². The number of benzene rings is 1. The molecule has 2 aromatic rings. The summed E-state index contributed by atoms with van der Waals surface area (Å²) in [4.78, 5) is 45.0. The molecule has 180 valence electrons. The highest BCUT2D eigenvalue weighted by Gasteiger charge is 2.44. The fraction of sp³-hybridized carbons (Fsp3) is 0.480. The number of fused-ring (bicyclic) bond motifs is 1. The zero-order valence-corrected chi connectivity index (χ0v) is 20.0. The number of amides is 3. The average molecular weight is 482 g/mol. The Kier molecular flexibility index (Phi) is 6.82. The maximum Gasteiger partial charge on any atom is 0.261 e. The van der Waals surface area contributed by atoms with Gasteiger partial charge in [-0.25, -0.2) is 0 Å². The summed E-state index contributed by atoms with van der Waals surface area (Å²) in [5.74, 6) is 0.122. The first kappa shape index (κ1) is 22.9. The van der Waals surface area contributed by atoms with Gasteiger partial charge in [0.2, 0.25) is 11.8 Å². The number of nitrogens with zero attached hydrogens (tertiary/aromatic N) is 3. The molecule has 0 aliphatic carbocycles. The molecule has 3 atom stereocenters. The van der Waals surface area contributed by atoms with Crippen molar-refractivity contribution < 1.29 is 14.4 Å². The van der Waals surface area contributed by atoms with Crippen LogP contribution in [-0.2, 0) is 9.59 Å². The van der Waals surface area contributed by atoms with Crippen molar-refractivity contribution in [2.45, 2.75) is 37.4 Å². The van der Waals surface area contributed by atoms with Crippen molar-refractivity contribution in [2.75, 3.05) is 44.2 Å². The summed E-state index contributed by atoms with van der Waals surface area (Å²) in [6.45, 7) is 4.35. The van der Waals surface area contributed by atoms with Gasteiger partial charge >= 0.3 is 0 Å². The number of para-hydroxylation sites is 1. The second kappa shape index (κ2) is 10.1. The fourth-order valence-corrected chi connectivity index (χ4v) is 5.94. The lowest BCUT2D eigenvalue weighted by Crippen LogP contribution is -2.58. The molecule has 1 aromatic heterocycles. The number of thiophene rings is 1. The van der Waals surface area contributed by atoms with Gasteiger partial charge in [-0.15, -0.1) is 11.3 Å². The van der Waals surface area contributed by atoms with Gasteiger partial charge in [0.1, 0.15) is 0 Å². The Morgan fingerprint density at radius 2 is 1.85 bits per heavy atom. The van der Waals surface area contributed by atoms with Gasteiger partial charge in [-0.1, -0.05) is 24.3 Å². The second-order valence-electron chi connectivity index (χ2n) is 9.24. The highest BCUT2D eigenvalue weighted by molar-refractivity contribution is 7.12. The molecule has 4 heterocycles. The van der Waals surface area contributed by atoms with E-state index in [1.165, 1.54) is 17.0 Å². The van der Waals surface area contributed by atoms with Crippen molar-refractivity contribution in [1.29, 1.82) is 0 Å². The summed E-state index contributed by atoms with van der Waals surface area (Å²) < 4.78 is 0. The van der Waals surface area contributed by atoms with Gasteiger partial charge in [-0.3, -0.25) is 19.3 Å². The molecule has 0 spiro atoms. The van der Waals surface area contributed by atoms with Crippen molar-refractivity contribution in [2.24, 2.45) is 0 Å². The molecule has 2 N–H and O–H groups in total. The number of rotatable bonds is 6. The van der Waals surface area contributed by atoms with E-state index in [9.17, 15) is 14.4 Å². The summed E-state index contributed by atoms with van der Waals surface area (Å²) in [7, 11) is 0. The van der Waals surface area contributed by atoms with E-state index in [0.717, 1.165) is 26.2 Å². The Balaban J connectivity index is 1.12. The molecule has 3 fully saturated rings. The molecule has 0 bridgehead atoms. The summed E-state index contributed by atoms with van der Waals surface area (Å²) in [5, 5.41) is 7.98. The molecular weight excluding hydrogens is 450 g/mol. The van der Waals surface area contributed by atoms with Gasteiger partial charge in [0.05, 0.1) is 10.9 Å². The first-order chi connectivity index (χ1) is 16.6. The highest BCUT2D eigenvalue weighted by atomic mass is 32.1. The Hall–Kier alpha value is -2.91. The molecule has 0 saturated carbocycles. The highest BCUT2D eigenvalue weighted by Crippen LogP contribution is 2.26. The third-order valence-electron chi connectivity index (χ3n) is 7.15. The molecule has 1 aromatic carbocycles.